The Morgan fingerprint density at radius 2 is 2.50 bits per heavy atom. The van der Waals surface area contributed by atoms with E-state index in [1.807, 2.05) is 6.92 Å². The van der Waals surface area contributed by atoms with Crippen LogP contribution in [0.15, 0.2) is 12.4 Å². The summed E-state index contributed by atoms with van der Waals surface area (Å²) in [6.45, 7) is 2.50. The van der Waals surface area contributed by atoms with Gasteiger partial charge in [0, 0.05) is 18.9 Å². The molecule has 1 radical (unpaired) electrons. The Kier molecular flexibility index (Phi) is 2.68. The van der Waals surface area contributed by atoms with Crippen molar-refractivity contribution in [3.8, 4) is 6.01 Å². The van der Waals surface area contributed by atoms with Gasteiger partial charge in [-0.05, 0) is 6.42 Å². The second-order valence-electron chi connectivity index (χ2n) is 2.31. The van der Waals surface area contributed by atoms with Crippen molar-refractivity contribution >= 4 is 6.03 Å². The van der Waals surface area contributed by atoms with E-state index in [4.69, 9.17) is 0 Å². The topological polar surface area (TPSA) is 66.8 Å². The van der Waals surface area contributed by atoms with E-state index >= 15 is 0 Å². The smallest absolute Gasteiger partial charge is 0.337 e. The van der Waals surface area contributed by atoms with Crippen LogP contribution in [0, 0.1) is 0 Å². The number of hydrogen-bond donors (Lipinski definition) is 1. The Balaban J connectivity index is 2.59. The number of imidazole rings is 1. The van der Waals surface area contributed by atoms with Crippen LogP contribution in [0.25, 0.3) is 0 Å². The Labute approximate surface area is 70.0 Å². The maximum absolute atomic E-state index is 11.1. The van der Waals surface area contributed by atoms with Crippen molar-refractivity contribution in [2.24, 2.45) is 0 Å². The Morgan fingerprint density at radius 3 is 3.00 bits per heavy atom. The summed E-state index contributed by atoms with van der Waals surface area (Å²) in [4.78, 5) is 14.5. The standard InChI is InChI=1S/C7H10N3O2/c1-2-3-8-6(11)10-5-4-9-7(10)12/h4-5H,2-3H2,1H3,(H,8,11). The summed E-state index contributed by atoms with van der Waals surface area (Å²) in [5, 5.41) is 13.4. The third kappa shape index (κ3) is 1.75. The van der Waals surface area contributed by atoms with E-state index in [-0.39, 0.29) is 0 Å². The maximum atomic E-state index is 11.1. The Morgan fingerprint density at radius 1 is 1.75 bits per heavy atom. The van der Waals surface area contributed by atoms with Crippen molar-refractivity contribution < 1.29 is 9.90 Å². The van der Waals surface area contributed by atoms with E-state index < -0.39 is 12.0 Å². The fourth-order valence-electron chi connectivity index (χ4n) is 0.761. The zero-order valence-electron chi connectivity index (χ0n) is 6.78. The van der Waals surface area contributed by atoms with Gasteiger partial charge in [0.25, 0.3) is 0 Å². The first-order valence-corrected chi connectivity index (χ1v) is 3.74. The molecule has 5 heteroatoms. The SMILES string of the molecule is CCCNC(=O)n1ccnc1[O]. The molecule has 0 bridgehead atoms. The van der Waals surface area contributed by atoms with Crippen LogP contribution >= 0.6 is 0 Å². The van der Waals surface area contributed by atoms with Gasteiger partial charge in [-0.1, -0.05) is 6.92 Å². The minimum absolute atomic E-state index is 0.417. The molecule has 1 heterocycles. The summed E-state index contributed by atoms with van der Waals surface area (Å²) in [6.07, 6.45) is 3.48. The molecule has 0 saturated heterocycles. The molecule has 1 aromatic rings. The molecule has 0 unspecified atom stereocenters. The first kappa shape index (κ1) is 8.58. The number of amides is 1. The fourth-order valence-corrected chi connectivity index (χ4v) is 0.761. The largest absolute Gasteiger partial charge is 0.355 e. The van der Waals surface area contributed by atoms with Gasteiger partial charge in [0.1, 0.15) is 0 Å². The molecule has 0 aliphatic rings. The number of aromatic nitrogens is 2. The molecule has 1 aromatic heterocycles. The monoisotopic (exact) mass is 168 g/mol. The number of rotatable bonds is 2. The third-order valence-electron chi connectivity index (χ3n) is 1.35. The van der Waals surface area contributed by atoms with E-state index in [0.29, 0.717) is 6.54 Å². The number of hydrogen-bond acceptors (Lipinski definition) is 2. The molecule has 5 nitrogen and oxygen atoms in total. The predicted molar refractivity (Wildman–Crippen MR) is 41.4 cm³/mol. The number of nitrogens with one attached hydrogen (secondary N) is 1. The van der Waals surface area contributed by atoms with Crippen molar-refractivity contribution in [3.05, 3.63) is 12.4 Å². The predicted octanol–water partition coefficient (Wildman–Crippen LogP) is 0.995. The minimum Gasteiger partial charge on any atom is -0.337 e. The summed E-state index contributed by atoms with van der Waals surface area (Å²) in [6, 6.07) is -0.956. The highest BCUT2D eigenvalue weighted by Crippen LogP contribution is 2.03. The van der Waals surface area contributed by atoms with Gasteiger partial charge >= 0.3 is 12.0 Å². The summed E-state index contributed by atoms with van der Waals surface area (Å²) >= 11 is 0. The summed E-state index contributed by atoms with van der Waals surface area (Å²) in [7, 11) is 0. The van der Waals surface area contributed by atoms with Gasteiger partial charge in [0.2, 0.25) is 0 Å². The summed E-state index contributed by atoms with van der Waals surface area (Å²) in [5.41, 5.74) is 0. The zero-order chi connectivity index (χ0) is 8.97. The third-order valence-corrected chi connectivity index (χ3v) is 1.35. The molecule has 0 spiro atoms. The van der Waals surface area contributed by atoms with Crippen molar-refractivity contribution in [2.45, 2.75) is 13.3 Å². The van der Waals surface area contributed by atoms with Crippen molar-refractivity contribution in [3.63, 3.8) is 0 Å². The van der Waals surface area contributed by atoms with Gasteiger partial charge in [0.15, 0.2) is 0 Å². The molecule has 12 heavy (non-hydrogen) atoms. The molecule has 0 atom stereocenters. The van der Waals surface area contributed by atoms with E-state index in [9.17, 15) is 9.90 Å². The molecule has 1 amide bonds. The van der Waals surface area contributed by atoms with Crippen molar-refractivity contribution in [2.75, 3.05) is 6.54 Å². The Hall–Kier alpha value is -1.52. The van der Waals surface area contributed by atoms with Gasteiger partial charge < -0.3 is 5.32 Å². The number of carbonyl (C=O) groups excluding carboxylic acids is 1. The quantitative estimate of drug-likeness (QED) is 0.715. The lowest BCUT2D eigenvalue weighted by molar-refractivity contribution is 0.234. The van der Waals surface area contributed by atoms with Crippen LogP contribution < -0.4 is 5.32 Å². The van der Waals surface area contributed by atoms with Crippen LogP contribution in [-0.4, -0.2) is 22.1 Å². The molecule has 0 fully saturated rings. The summed E-state index contributed by atoms with van der Waals surface area (Å²) in [5.74, 6) is 0. The van der Waals surface area contributed by atoms with E-state index in [2.05, 4.69) is 10.3 Å². The van der Waals surface area contributed by atoms with Crippen LogP contribution in [-0.2, 0) is 5.11 Å². The highest BCUT2D eigenvalue weighted by molar-refractivity contribution is 5.77. The molecular formula is C7H10N3O2. The molecule has 0 aliphatic carbocycles. The lowest BCUT2D eigenvalue weighted by Gasteiger charge is -2.02. The first-order chi connectivity index (χ1) is 5.75. The number of nitrogens with zero attached hydrogens (tertiary/aromatic N) is 2. The minimum atomic E-state index is -0.538. The fraction of sp³-hybridized carbons (Fsp3) is 0.429. The van der Waals surface area contributed by atoms with Crippen molar-refractivity contribution in [1.29, 1.82) is 0 Å². The molecule has 1 rings (SSSR count). The van der Waals surface area contributed by atoms with E-state index in [1.54, 1.807) is 0 Å². The highest BCUT2D eigenvalue weighted by atomic mass is 16.3. The molecular weight excluding hydrogens is 158 g/mol. The van der Waals surface area contributed by atoms with Crippen LogP contribution in [0.4, 0.5) is 4.79 Å². The van der Waals surface area contributed by atoms with E-state index in [1.165, 1.54) is 12.4 Å². The van der Waals surface area contributed by atoms with Crippen molar-refractivity contribution in [1.82, 2.24) is 14.9 Å². The van der Waals surface area contributed by atoms with Crippen LogP contribution in [0.5, 0.6) is 6.01 Å². The highest BCUT2D eigenvalue weighted by Gasteiger charge is 2.08. The lowest BCUT2D eigenvalue weighted by Crippen LogP contribution is -2.28. The normalized spacial score (nSPS) is 9.75. The van der Waals surface area contributed by atoms with Gasteiger partial charge in [-0.3, -0.25) is 0 Å². The average molecular weight is 168 g/mol. The second kappa shape index (κ2) is 3.75. The van der Waals surface area contributed by atoms with Crippen LogP contribution in [0.1, 0.15) is 13.3 Å². The van der Waals surface area contributed by atoms with Crippen LogP contribution in [0.3, 0.4) is 0 Å². The molecule has 65 valence electrons. The van der Waals surface area contributed by atoms with Gasteiger partial charge in [-0.25, -0.2) is 14.5 Å². The maximum Gasteiger partial charge on any atom is 0.355 e. The molecule has 1 N–H and O–H groups in total. The average Bonchev–Trinajstić information content (AvgIpc) is 2.47. The van der Waals surface area contributed by atoms with E-state index in [0.717, 1.165) is 11.0 Å². The summed E-state index contributed by atoms with van der Waals surface area (Å²) < 4.78 is 0.940. The van der Waals surface area contributed by atoms with Gasteiger partial charge in [-0.15, -0.1) is 0 Å². The van der Waals surface area contributed by atoms with Gasteiger partial charge in [-0.2, -0.15) is 4.98 Å². The second-order valence-corrected chi connectivity index (χ2v) is 2.31. The lowest BCUT2D eigenvalue weighted by atomic mass is 10.5. The van der Waals surface area contributed by atoms with Gasteiger partial charge in [0.05, 0.1) is 0 Å². The molecule has 0 aliphatic heterocycles. The number of carbonyl (C=O) groups is 1. The zero-order valence-corrected chi connectivity index (χ0v) is 6.78. The van der Waals surface area contributed by atoms with Crippen LogP contribution in [0.2, 0.25) is 0 Å². The Bertz CT molecular complexity index is 269. The molecule has 0 saturated carbocycles. The first-order valence-electron chi connectivity index (χ1n) is 3.74. The molecule has 0 aromatic carbocycles.